The molecule has 112 valence electrons. The summed E-state index contributed by atoms with van der Waals surface area (Å²) in [6, 6.07) is 5.91. The van der Waals surface area contributed by atoms with E-state index in [1.165, 1.54) is 0 Å². The van der Waals surface area contributed by atoms with Crippen molar-refractivity contribution in [2.24, 2.45) is 0 Å². The third-order valence-electron chi connectivity index (χ3n) is 4.07. The molecule has 1 saturated heterocycles. The highest BCUT2D eigenvalue weighted by Crippen LogP contribution is 2.22. The van der Waals surface area contributed by atoms with Gasteiger partial charge in [-0.15, -0.1) is 0 Å². The fourth-order valence-electron chi connectivity index (χ4n) is 2.77. The Balaban J connectivity index is 1.86. The maximum Gasteiger partial charge on any atom is 0.138 e. The van der Waals surface area contributed by atoms with Crippen molar-refractivity contribution in [1.29, 1.82) is 0 Å². The average molecular weight is 279 g/mol. The molecule has 5 nitrogen and oxygen atoms in total. The van der Waals surface area contributed by atoms with Gasteiger partial charge in [-0.05, 0) is 31.0 Å². The molecule has 20 heavy (non-hydrogen) atoms. The average Bonchev–Trinajstić information content (AvgIpc) is 2.44. The Hall–Kier alpha value is -1.30. The van der Waals surface area contributed by atoms with Gasteiger partial charge in [0.25, 0.3) is 0 Å². The summed E-state index contributed by atoms with van der Waals surface area (Å²) in [5.41, 5.74) is 7.34. The summed E-state index contributed by atoms with van der Waals surface area (Å²) in [7, 11) is 0. The Bertz CT molecular complexity index is 431. The van der Waals surface area contributed by atoms with Gasteiger partial charge >= 0.3 is 0 Å². The number of aliphatic hydroxyl groups is 1. The molecule has 0 aliphatic carbocycles. The third kappa shape index (κ3) is 3.85. The third-order valence-corrected chi connectivity index (χ3v) is 4.07. The van der Waals surface area contributed by atoms with Crippen LogP contribution in [0.25, 0.3) is 0 Å². The number of nitrogen functional groups attached to an aromatic ring is 1. The van der Waals surface area contributed by atoms with E-state index in [0.29, 0.717) is 11.7 Å². The second kappa shape index (κ2) is 6.92. The molecule has 5 heteroatoms. The van der Waals surface area contributed by atoms with E-state index in [1.54, 1.807) is 6.07 Å². The number of β-amino-alcohol motifs (C(OH)–C–C–N with tert-alkyl or cyclic N) is 1. The second-order valence-electron chi connectivity index (χ2n) is 5.55. The molecule has 1 heterocycles. The van der Waals surface area contributed by atoms with Crippen LogP contribution in [-0.4, -0.2) is 65.4 Å². The maximum absolute atomic E-state index is 9.44. The monoisotopic (exact) mass is 279 g/mol. The number of hydrogen-bond donors (Lipinski definition) is 3. The molecule has 0 bridgehead atoms. The standard InChI is InChI=1S/C15H25N3O2/c1-12(10-13-2-3-15(20)14(16)11-13)18-6-4-17(5-7-18)8-9-19/h2-3,11-12,19-20H,4-10,16H2,1H3. The number of nitrogens with zero attached hydrogens (tertiary/aromatic N) is 2. The number of rotatable bonds is 5. The minimum Gasteiger partial charge on any atom is -0.506 e. The van der Waals surface area contributed by atoms with E-state index in [4.69, 9.17) is 10.8 Å². The van der Waals surface area contributed by atoms with Gasteiger partial charge < -0.3 is 15.9 Å². The minimum absolute atomic E-state index is 0.152. The molecular weight excluding hydrogens is 254 g/mol. The van der Waals surface area contributed by atoms with Crippen molar-refractivity contribution in [3.63, 3.8) is 0 Å². The maximum atomic E-state index is 9.44. The lowest BCUT2D eigenvalue weighted by atomic mass is 10.0. The summed E-state index contributed by atoms with van der Waals surface area (Å²) in [5.74, 6) is 0.152. The number of phenols is 1. The van der Waals surface area contributed by atoms with Crippen molar-refractivity contribution in [2.75, 3.05) is 45.1 Å². The molecule has 0 amide bonds. The number of hydrogen-bond acceptors (Lipinski definition) is 5. The summed E-state index contributed by atoms with van der Waals surface area (Å²) in [6.45, 7) is 7.35. The Kier molecular flexibility index (Phi) is 5.23. The Morgan fingerprint density at radius 2 is 1.95 bits per heavy atom. The zero-order valence-corrected chi connectivity index (χ0v) is 12.1. The minimum atomic E-state index is 0.152. The molecular formula is C15H25N3O2. The number of benzene rings is 1. The topological polar surface area (TPSA) is 73.0 Å². The predicted molar refractivity (Wildman–Crippen MR) is 80.8 cm³/mol. The Morgan fingerprint density at radius 1 is 1.25 bits per heavy atom. The van der Waals surface area contributed by atoms with Gasteiger partial charge in [-0.1, -0.05) is 6.07 Å². The van der Waals surface area contributed by atoms with Crippen LogP contribution in [0.1, 0.15) is 12.5 Å². The van der Waals surface area contributed by atoms with Gasteiger partial charge in [0.2, 0.25) is 0 Å². The van der Waals surface area contributed by atoms with Crippen molar-refractivity contribution in [2.45, 2.75) is 19.4 Å². The number of piperazine rings is 1. The van der Waals surface area contributed by atoms with E-state index in [9.17, 15) is 5.11 Å². The first-order valence-electron chi connectivity index (χ1n) is 7.25. The lowest BCUT2D eigenvalue weighted by molar-refractivity contribution is 0.0888. The molecule has 1 aliphatic heterocycles. The quantitative estimate of drug-likeness (QED) is 0.541. The Morgan fingerprint density at radius 3 is 2.55 bits per heavy atom. The van der Waals surface area contributed by atoms with Crippen molar-refractivity contribution < 1.29 is 10.2 Å². The van der Waals surface area contributed by atoms with Gasteiger partial charge in [-0.2, -0.15) is 0 Å². The van der Waals surface area contributed by atoms with Gasteiger partial charge in [-0.3, -0.25) is 9.80 Å². The molecule has 1 aliphatic rings. The van der Waals surface area contributed by atoms with Crippen LogP contribution < -0.4 is 5.73 Å². The lowest BCUT2D eigenvalue weighted by Crippen LogP contribution is -2.50. The molecule has 1 fully saturated rings. The van der Waals surface area contributed by atoms with Crippen LogP contribution in [-0.2, 0) is 6.42 Å². The summed E-state index contributed by atoms with van der Waals surface area (Å²) >= 11 is 0. The van der Waals surface area contributed by atoms with Gasteiger partial charge in [0.1, 0.15) is 5.75 Å². The van der Waals surface area contributed by atoms with E-state index in [0.717, 1.165) is 44.7 Å². The summed E-state index contributed by atoms with van der Waals surface area (Å²) in [5, 5.41) is 18.4. The van der Waals surface area contributed by atoms with Gasteiger partial charge in [0.15, 0.2) is 0 Å². The first-order chi connectivity index (χ1) is 9.60. The first kappa shape index (κ1) is 15.1. The first-order valence-corrected chi connectivity index (χ1v) is 7.25. The van der Waals surface area contributed by atoms with E-state index in [2.05, 4.69) is 16.7 Å². The van der Waals surface area contributed by atoms with Crippen LogP contribution in [0.2, 0.25) is 0 Å². The van der Waals surface area contributed by atoms with Crippen LogP contribution in [0.4, 0.5) is 5.69 Å². The van der Waals surface area contributed by atoms with Gasteiger partial charge in [-0.25, -0.2) is 0 Å². The molecule has 1 aromatic rings. The largest absolute Gasteiger partial charge is 0.506 e. The van der Waals surface area contributed by atoms with E-state index < -0.39 is 0 Å². The number of anilines is 1. The number of phenolic OH excluding ortho intramolecular Hbond substituents is 1. The van der Waals surface area contributed by atoms with Crippen LogP contribution in [0.15, 0.2) is 18.2 Å². The predicted octanol–water partition coefficient (Wildman–Crippen LogP) is 0.515. The molecule has 0 saturated carbocycles. The van der Waals surface area contributed by atoms with Crippen molar-refractivity contribution >= 4 is 5.69 Å². The van der Waals surface area contributed by atoms with E-state index >= 15 is 0 Å². The molecule has 0 radical (unpaired) electrons. The van der Waals surface area contributed by atoms with E-state index in [1.807, 2.05) is 12.1 Å². The van der Waals surface area contributed by atoms with Crippen molar-refractivity contribution in [1.82, 2.24) is 9.80 Å². The fourth-order valence-corrected chi connectivity index (χ4v) is 2.77. The van der Waals surface area contributed by atoms with Crippen molar-refractivity contribution in [3.8, 4) is 5.75 Å². The van der Waals surface area contributed by atoms with E-state index in [-0.39, 0.29) is 12.4 Å². The fraction of sp³-hybridized carbons (Fsp3) is 0.600. The highest BCUT2D eigenvalue weighted by molar-refractivity contribution is 5.53. The molecule has 1 unspecified atom stereocenters. The van der Waals surface area contributed by atoms with Gasteiger partial charge in [0, 0.05) is 38.8 Å². The highest BCUT2D eigenvalue weighted by Gasteiger charge is 2.20. The van der Waals surface area contributed by atoms with Crippen LogP contribution in [0.3, 0.4) is 0 Å². The second-order valence-corrected chi connectivity index (χ2v) is 5.55. The summed E-state index contributed by atoms with van der Waals surface area (Å²) < 4.78 is 0. The Labute approximate surface area is 120 Å². The normalized spacial score (nSPS) is 19.1. The molecule has 4 N–H and O–H groups in total. The lowest BCUT2D eigenvalue weighted by Gasteiger charge is -2.38. The molecule has 0 spiro atoms. The highest BCUT2D eigenvalue weighted by atomic mass is 16.3. The van der Waals surface area contributed by atoms with Gasteiger partial charge in [0.05, 0.1) is 12.3 Å². The number of aromatic hydroxyl groups is 1. The SMILES string of the molecule is CC(Cc1ccc(O)c(N)c1)N1CCN(CCO)CC1. The number of nitrogens with two attached hydrogens (primary N) is 1. The summed E-state index contributed by atoms with van der Waals surface area (Å²) in [4.78, 5) is 4.76. The van der Waals surface area contributed by atoms with Crippen LogP contribution in [0.5, 0.6) is 5.75 Å². The smallest absolute Gasteiger partial charge is 0.138 e. The zero-order chi connectivity index (χ0) is 14.5. The molecule has 1 aromatic carbocycles. The van der Waals surface area contributed by atoms with Crippen molar-refractivity contribution in [3.05, 3.63) is 23.8 Å². The van der Waals surface area contributed by atoms with Crippen LogP contribution >= 0.6 is 0 Å². The van der Waals surface area contributed by atoms with Crippen LogP contribution in [0, 0.1) is 0 Å². The zero-order valence-electron chi connectivity index (χ0n) is 12.1. The molecule has 0 aromatic heterocycles. The molecule has 2 rings (SSSR count). The summed E-state index contributed by atoms with van der Waals surface area (Å²) in [6.07, 6.45) is 0.935. The number of aliphatic hydroxyl groups excluding tert-OH is 1. The molecule has 1 atom stereocenters.